The highest BCUT2D eigenvalue weighted by Crippen LogP contribution is 2.67. The fourth-order valence-electron chi connectivity index (χ4n) is 9.73. The van der Waals surface area contributed by atoms with E-state index in [0.717, 1.165) is 48.3 Å². The summed E-state index contributed by atoms with van der Waals surface area (Å²) in [6, 6.07) is 4.26. The van der Waals surface area contributed by atoms with Gasteiger partial charge in [0, 0.05) is 6.54 Å². The van der Waals surface area contributed by atoms with E-state index in [1.807, 2.05) is 0 Å². The molecule has 5 nitrogen and oxygen atoms in total. The number of phenolic OH excluding ortho intramolecular Hbond substituents is 2. The summed E-state index contributed by atoms with van der Waals surface area (Å²) in [7, 11) is 1.73. The second-order valence-electron chi connectivity index (χ2n) is 15.0. The van der Waals surface area contributed by atoms with Gasteiger partial charge in [0.05, 0.1) is 12.2 Å². The lowest BCUT2D eigenvalue weighted by molar-refractivity contribution is -0.0573. The summed E-state index contributed by atoms with van der Waals surface area (Å²) in [5.74, 6) is 5.06. The van der Waals surface area contributed by atoms with Crippen LogP contribution < -0.4 is 5.32 Å². The van der Waals surface area contributed by atoms with Crippen molar-refractivity contribution in [3.63, 3.8) is 0 Å². The first-order valence-electron chi connectivity index (χ1n) is 16.6. The van der Waals surface area contributed by atoms with Crippen LogP contribution in [0.5, 0.6) is 11.5 Å². The molecule has 0 amide bonds. The van der Waals surface area contributed by atoms with E-state index in [4.69, 9.17) is 10.2 Å². The van der Waals surface area contributed by atoms with Crippen molar-refractivity contribution in [2.45, 2.75) is 117 Å². The summed E-state index contributed by atoms with van der Waals surface area (Å²) in [6.07, 6.45) is 16.5. The maximum Gasteiger partial charge on any atom is 0.157 e. The van der Waals surface area contributed by atoms with E-state index in [0.29, 0.717) is 22.9 Å². The van der Waals surface area contributed by atoms with Gasteiger partial charge in [-0.05, 0) is 122 Å². The number of nitrogens with one attached hydrogen (secondary N) is 1. The molecular formula is C36H59NO4. The maximum atomic E-state index is 10.2. The summed E-state index contributed by atoms with van der Waals surface area (Å²) < 4.78 is 0. The van der Waals surface area contributed by atoms with Crippen molar-refractivity contribution in [3.8, 4) is 11.5 Å². The van der Waals surface area contributed by atoms with E-state index in [2.05, 4.69) is 46.0 Å². The lowest BCUT2D eigenvalue weighted by Crippen LogP contribution is -2.50. The highest BCUT2D eigenvalue weighted by molar-refractivity contribution is 5.41. The van der Waals surface area contributed by atoms with E-state index in [1.165, 1.54) is 69.9 Å². The highest BCUT2D eigenvalue weighted by Gasteiger charge is 2.59. The Bertz CT molecular complexity index is 1040. The Morgan fingerprint density at radius 1 is 0.951 bits per heavy atom. The number of aliphatic hydroxyl groups excluding tert-OH is 2. The van der Waals surface area contributed by atoms with Crippen LogP contribution in [0.2, 0.25) is 0 Å². The van der Waals surface area contributed by atoms with Crippen molar-refractivity contribution in [2.24, 2.45) is 46.3 Å². The van der Waals surface area contributed by atoms with Crippen LogP contribution in [0.1, 0.15) is 117 Å². The Labute approximate surface area is 249 Å². The zero-order chi connectivity index (χ0) is 29.9. The molecule has 4 aliphatic rings. The van der Waals surface area contributed by atoms with Gasteiger partial charge in [-0.1, -0.05) is 71.6 Å². The van der Waals surface area contributed by atoms with E-state index in [-0.39, 0.29) is 17.6 Å². The number of fused-ring (bicyclic) bond motifs is 5. The van der Waals surface area contributed by atoms with E-state index in [9.17, 15) is 10.2 Å². The minimum atomic E-state index is -0.670. The van der Waals surface area contributed by atoms with Crippen molar-refractivity contribution < 1.29 is 20.4 Å². The number of aliphatic hydroxyl groups is 2. The van der Waals surface area contributed by atoms with Gasteiger partial charge in [0.15, 0.2) is 11.5 Å². The van der Waals surface area contributed by atoms with Gasteiger partial charge in [0.1, 0.15) is 0 Å². The molecule has 4 aliphatic carbocycles. The molecule has 5 N–H and O–H groups in total. The largest absolute Gasteiger partial charge is 0.504 e. The molecule has 5 rings (SSSR count). The quantitative estimate of drug-likeness (QED) is 0.163. The molecule has 0 spiro atoms. The average molecular weight is 570 g/mol. The molecule has 0 saturated heterocycles. The first-order chi connectivity index (χ1) is 19.4. The topological polar surface area (TPSA) is 93.0 Å². The minimum absolute atomic E-state index is 0.0766. The number of rotatable bonds is 8. The first kappa shape index (κ1) is 32.4. The lowest BCUT2D eigenvalue weighted by atomic mass is 9.47. The number of hydrogen-bond donors (Lipinski definition) is 5. The molecular weight excluding hydrogens is 510 g/mol. The molecule has 0 aliphatic heterocycles. The Morgan fingerprint density at radius 3 is 2.39 bits per heavy atom. The van der Waals surface area contributed by atoms with Crippen LogP contribution in [0.3, 0.4) is 0 Å². The summed E-state index contributed by atoms with van der Waals surface area (Å²) in [4.78, 5) is 0. The van der Waals surface area contributed by atoms with Gasteiger partial charge in [-0.15, -0.1) is 0 Å². The normalized spacial score (nSPS) is 35.8. The third-order valence-electron chi connectivity index (χ3n) is 12.1. The predicted molar refractivity (Wildman–Crippen MR) is 168 cm³/mol. The van der Waals surface area contributed by atoms with Gasteiger partial charge >= 0.3 is 0 Å². The second kappa shape index (κ2) is 13.4. The number of phenols is 2. The second-order valence-corrected chi connectivity index (χ2v) is 15.0. The number of hydrogen-bond acceptors (Lipinski definition) is 5. The van der Waals surface area contributed by atoms with E-state index < -0.39 is 6.10 Å². The van der Waals surface area contributed by atoms with Gasteiger partial charge in [0.25, 0.3) is 0 Å². The van der Waals surface area contributed by atoms with Gasteiger partial charge < -0.3 is 25.7 Å². The molecule has 0 unspecified atom stereocenters. The first-order valence-corrected chi connectivity index (χ1v) is 16.6. The molecule has 0 heterocycles. The number of likely N-dealkylation sites (N-methyl/N-ethyl adjacent to an activating group) is 1. The lowest BCUT2D eigenvalue weighted by Gasteiger charge is -2.58. The number of allylic oxidation sites excluding steroid dienone is 1. The van der Waals surface area contributed by atoms with Crippen LogP contribution >= 0.6 is 0 Å². The third kappa shape index (κ3) is 6.83. The molecule has 1 aromatic carbocycles. The molecule has 0 bridgehead atoms. The Kier molecular flexibility index (Phi) is 10.6. The summed E-state index contributed by atoms with van der Waals surface area (Å²) in [5, 5.41) is 40.6. The molecule has 0 aromatic heterocycles. The van der Waals surface area contributed by atoms with E-state index in [1.54, 1.807) is 18.7 Å². The van der Waals surface area contributed by atoms with Crippen molar-refractivity contribution in [2.75, 3.05) is 13.6 Å². The van der Waals surface area contributed by atoms with Crippen molar-refractivity contribution in [3.05, 3.63) is 35.4 Å². The summed E-state index contributed by atoms with van der Waals surface area (Å²) in [5.41, 5.74) is 3.18. The Balaban J connectivity index is 0.000000251. The van der Waals surface area contributed by atoms with Gasteiger partial charge in [-0.2, -0.15) is 0 Å². The van der Waals surface area contributed by atoms with Gasteiger partial charge in [0.2, 0.25) is 0 Å². The summed E-state index contributed by atoms with van der Waals surface area (Å²) >= 11 is 0. The highest BCUT2D eigenvalue weighted by atomic mass is 16.3. The van der Waals surface area contributed by atoms with Crippen LogP contribution in [0.4, 0.5) is 0 Å². The van der Waals surface area contributed by atoms with Crippen LogP contribution in [0.15, 0.2) is 29.8 Å². The van der Waals surface area contributed by atoms with Crippen LogP contribution in [0, 0.1) is 46.3 Å². The molecule has 5 heteroatoms. The fourth-order valence-corrected chi connectivity index (χ4v) is 9.73. The predicted octanol–water partition coefficient (Wildman–Crippen LogP) is 7.74. The average Bonchev–Trinajstić information content (AvgIpc) is 3.28. The SMILES string of the molecule is CC(C)CCC[C@@H](C)[C@H]1CC[C@H]2[C@@H]3CC=C4C[C@@H](O)CC[C@]4(C)[C@H]3CC[C@]12C.CNC[C@H](O)c1ccc(O)c(O)c1. The molecule has 9 atom stereocenters. The number of aromatic hydroxyl groups is 2. The van der Waals surface area contributed by atoms with Gasteiger partial charge in [-0.25, -0.2) is 0 Å². The zero-order valence-electron chi connectivity index (χ0n) is 26.7. The van der Waals surface area contributed by atoms with Crippen molar-refractivity contribution in [1.82, 2.24) is 5.32 Å². The van der Waals surface area contributed by atoms with Crippen molar-refractivity contribution in [1.29, 1.82) is 0 Å². The molecule has 41 heavy (non-hydrogen) atoms. The molecule has 232 valence electrons. The zero-order valence-corrected chi connectivity index (χ0v) is 26.7. The molecule has 3 saturated carbocycles. The Hall–Kier alpha value is -1.56. The van der Waals surface area contributed by atoms with Gasteiger partial charge in [-0.3, -0.25) is 0 Å². The van der Waals surface area contributed by atoms with Crippen LogP contribution in [-0.4, -0.2) is 40.1 Å². The maximum absolute atomic E-state index is 10.2. The number of benzene rings is 1. The Morgan fingerprint density at radius 2 is 1.71 bits per heavy atom. The molecule has 3 fully saturated rings. The van der Waals surface area contributed by atoms with E-state index >= 15 is 0 Å². The smallest absolute Gasteiger partial charge is 0.157 e. The monoisotopic (exact) mass is 569 g/mol. The van der Waals surface area contributed by atoms with Crippen LogP contribution in [-0.2, 0) is 0 Å². The van der Waals surface area contributed by atoms with Crippen molar-refractivity contribution >= 4 is 0 Å². The summed E-state index contributed by atoms with van der Waals surface area (Å²) in [6.45, 7) is 13.0. The standard InChI is InChI=1S/C27H46O.C9H13NO3/c1-18(2)7-6-8-19(3)23-11-12-24-22-10-9-20-17-21(28)13-15-26(20,4)25(22)14-16-27(23,24)5;1-10-5-9(13)6-2-3-7(11)8(12)4-6/h9,18-19,21-25,28H,6-8,10-17H2,1-5H3;2-4,9-13H,5H2,1H3/t19-,21+,22+,23-,24+,25+,26+,27-;9-/m10/s1. The fraction of sp³-hybridized carbons (Fsp3) is 0.778. The third-order valence-corrected chi connectivity index (χ3v) is 12.1. The molecule has 0 radical (unpaired) electrons. The minimum Gasteiger partial charge on any atom is -0.504 e. The molecule has 1 aromatic rings. The van der Waals surface area contributed by atoms with Crippen LogP contribution in [0.25, 0.3) is 0 Å².